The number of fused-ring (bicyclic) bond motifs is 1. The molecule has 10 nitrogen and oxygen atoms in total. The third-order valence-corrected chi connectivity index (χ3v) is 8.31. The van der Waals surface area contributed by atoms with Crippen LogP contribution in [0.3, 0.4) is 0 Å². The number of aliphatic hydroxyl groups is 1. The molecule has 0 unspecified atom stereocenters. The molecular weight excluding hydrogens is 535 g/mol. The number of anilines is 1. The van der Waals surface area contributed by atoms with Gasteiger partial charge in [-0.05, 0) is 55.5 Å². The van der Waals surface area contributed by atoms with Gasteiger partial charge in [0.2, 0.25) is 5.95 Å². The first-order chi connectivity index (χ1) is 20.5. The molecule has 214 valence electrons. The van der Waals surface area contributed by atoms with E-state index in [9.17, 15) is 9.50 Å². The van der Waals surface area contributed by atoms with Crippen LogP contribution < -0.4 is 4.90 Å². The minimum Gasteiger partial charge on any atom is -0.381 e. The Balaban J connectivity index is 1.08. The van der Waals surface area contributed by atoms with Crippen LogP contribution in [0.2, 0.25) is 0 Å². The highest BCUT2D eigenvalue weighted by molar-refractivity contribution is 5.80. The van der Waals surface area contributed by atoms with E-state index in [0.717, 1.165) is 66.9 Å². The van der Waals surface area contributed by atoms with Crippen LogP contribution in [0.5, 0.6) is 0 Å². The number of hydrogen-bond donors (Lipinski definition) is 1. The third kappa shape index (κ3) is 4.94. The standard InChI is InChI=1S/C31H31FN8O2/c1-31(41,24-2-4-26(32)5-3-24)25-16-33-30(34-17-25)38-10-6-21(7-11-38)29-28-14-22(18-40(28)37-20-35-29)23-15-36-39(19-23)27-8-12-42-13-9-27/h2-6,14-20,27,41H,7-13H2,1H3/t31-/m0/s1. The molecule has 0 aliphatic carbocycles. The van der Waals surface area contributed by atoms with Crippen molar-refractivity contribution in [2.45, 2.75) is 37.8 Å². The molecule has 7 rings (SSSR count). The largest absolute Gasteiger partial charge is 0.381 e. The number of rotatable bonds is 6. The van der Waals surface area contributed by atoms with E-state index in [0.29, 0.717) is 29.7 Å². The summed E-state index contributed by atoms with van der Waals surface area (Å²) in [6, 6.07) is 8.30. The highest BCUT2D eigenvalue weighted by Gasteiger charge is 2.27. The summed E-state index contributed by atoms with van der Waals surface area (Å²) in [5.41, 5.74) is 4.91. The zero-order valence-electron chi connectivity index (χ0n) is 23.3. The second-order valence-electron chi connectivity index (χ2n) is 11.0. The van der Waals surface area contributed by atoms with Crippen LogP contribution in [-0.4, -0.2) is 65.8 Å². The van der Waals surface area contributed by atoms with Crippen LogP contribution in [0.1, 0.15) is 49.0 Å². The molecular formula is C31H31FN8O2. The molecule has 2 aliphatic rings. The molecule has 0 saturated carbocycles. The molecule has 4 aromatic heterocycles. The highest BCUT2D eigenvalue weighted by Crippen LogP contribution is 2.32. The second-order valence-corrected chi connectivity index (χ2v) is 11.0. The van der Waals surface area contributed by atoms with Gasteiger partial charge in [-0.25, -0.2) is 23.9 Å². The van der Waals surface area contributed by atoms with Gasteiger partial charge in [-0.15, -0.1) is 0 Å². The van der Waals surface area contributed by atoms with Crippen LogP contribution in [0.25, 0.3) is 22.2 Å². The molecule has 1 atom stereocenters. The fraction of sp³-hybridized carbons (Fsp3) is 0.323. The van der Waals surface area contributed by atoms with Crippen LogP contribution >= 0.6 is 0 Å². The van der Waals surface area contributed by atoms with Crippen LogP contribution in [0, 0.1) is 5.82 Å². The van der Waals surface area contributed by atoms with E-state index in [1.165, 1.54) is 12.1 Å². The molecule has 1 fully saturated rings. The predicted molar refractivity (Wildman–Crippen MR) is 155 cm³/mol. The lowest BCUT2D eigenvalue weighted by molar-refractivity contribution is 0.0662. The number of aromatic nitrogens is 7. The Hall–Kier alpha value is -4.48. The van der Waals surface area contributed by atoms with Gasteiger partial charge >= 0.3 is 0 Å². The normalized spacial score (nSPS) is 17.8. The highest BCUT2D eigenvalue weighted by atomic mass is 19.1. The van der Waals surface area contributed by atoms with Gasteiger partial charge in [0.15, 0.2) is 0 Å². The van der Waals surface area contributed by atoms with Gasteiger partial charge in [0.05, 0.1) is 23.4 Å². The number of benzene rings is 1. The van der Waals surface area contributed by atoms with Crippen molar-refractivity contribution in [3.63, 3.8) is 0 Å². The summed E-state index contributed by atoms with van der Waals surface area (Å²) in [4.78, 5) is 15.8. The van der Waals surface area contributed by atoms with E-state index in [4.69, 9.17) is 4.74 Å². The molecule has 1 aromatic carbocycles. The van der Waals surface area contributed by atoms with Gasteiger partial charge in [0.1, 0.15) is 17.7 Å². The molecule has 42 heavy (non-hydrogen) atoms. The van der Waals surface area contributed by atoms with Crippen molar-refractivity contribution in [1.29, 1.82) is 0 Å². The number of halogens is 1. The lowest BCUT2D eigenvalue weighted by Gasteiger charge is -2.28. The lowest BCUT2D eigenvalue weighted by Crippen LogP contribution is -2.30. The fourth-order valence-electron chi connectivity index (χ4n) is 5.71. The molecule has 6 heterocycles. The zero-order chi connectivity index (χ0) is 28.7. The Morgan fingerprint density at radius 1 is 0.952 bits per heavy atom. The van der Waals surface area contributed by atoms with Crippen molar-refractivity contribution in [2.24, 2.45) is 0 Å². The molecule has 0 spiro atoms. The van der Waals surface area contributed by atoms with E-state index >= 15 is 0 Å². The molecule has 0 amide bonds. The Morgan fingerprint density at radius 2 is 1.74 bits per heavy atom. The quantitative estimate of drug-likeness (QED) is 0.322. The molecule has 0 bridgehead atoms. The summed E-state index contributed by atoms with van der Waals surface area (Å²) < 4.78 is 22.8. The SMILES string of the molecule is C[C@](O)(c1ccc(F)cc1)c1cnc(N2CC=C(c3ncnn4cc(-c5cnn(C6CCOCC6)c5)cc34)CC2)nc1. The van der Waals surface area contributed by atoms with Gasteiger partial charge in [-0.1, -0.05) is 18.2 Å². The van der Waals surface area contributed by atoms with Gasteiger partial charge in [-0.3, -0.25) is 4.68 Å². The maximum Gasteiger partial charge on any atom is 0.225 e. The molecule has 1 saturated heterocycles. The smallest absolute Gasteiger partial charge is 0.225 e. The lowest BCUT2D eigenvalue weighted by atomic mass is 9.90. The second kappa shape index (κ2) is 10.7. The first-order valence-corrected chi connectivity index (χ1v) is 14.2. The van der Waals surface area contributed by atoms with E-state index < -0.39 is 5.60 Å². The minimum absolute atomic E-state index is 0.350. The predicted octanol–water partition coefficient (Wildman–Crippen LogP) is 4.42. The molecule has 1 N–H and O–H groups in total. The summed E-state index contributed by atoms with van der Waals surface area (Å²) in [6.07, 6.45) is 15.8. The van der Waals surface area contributed by atoms with Crippen molar-refractivity contribution < 1.29 is 14.2 Å². The number of hydrogen-bond acceptors (Lipinski definition) is 8. The maximum absolute atomic E-state index is 13.3. The van der Waals surface area contributed by atoms with Crippen LogP contribution in [-0.2, 0) is 10.3 Å². The summed E-state index contributed by atoms with van der Waals surface area (Å²) in [5, 5.41) is 20.2. The Kier molecular flexibility index (Phi) is 6.75. The summed E-state index contributed by atoms with van der Waals surface area (Å²) in [6.45, 7) is 4.56. The molecule has 11 heteroatoms. The zero-order valence-corrected chi connectivity index (χ0v) is 23.3. The van der Waals surface area contributed by atoms with E-state index in [1.54, 1.807) is 37.8 Å². The van der Waals surface area contributed by atoms with Gasteiger partial charge in [-0.2, -0.15) is 10.2 Å². The van der Waals surface area contributed by atoms with Gasteiger partial charge < -0.3 is 14.7 Å². The van der Waals surface area contributed by atoms with Crippen molar-refractivity contribution in [1.82, 2.24) is 34.3 Å². The van der Waals surface area contributed by atoms with Crippen molar-refractivity contribution in [3.05, 3.63) is 96.4 Å². The average molecular weight is 567 g/mol. The van der Waals surface area contributed by atoms with E-state index in [1.807, 2.05) is 16.9 Å². The average Bonchev–Trinajstić information content (AvgIpc) is 3.70. The van der Waals surface area contributed by atoms with E-state index in [2.05, 4.69) is 53.1 Å². The number of nitrogens with zero attached hydrogens (tertiary/aromatic N) is 8. The van der Waals surface area contributed by atoms with Gasteiger partial charge in [0, 0.05) is 67.8 Å². The first kappa shape index (κ1) is 26.4. The minimum atomic E-state index is -1.33. The van der Waals surface area contributed by atoms with Crippen molar-refractivity contribution in [3.8, 4) is 11.1 Å². The monoisotopic (exact) mass is 566 g/mol. The Bertz CT molecular complexity index is 1740. The van der Waals surface area contributed by atoms with Crippen molar-refractivity contribution >= 4 is 17.0 Å². The first-order valence-electron chi connectivity index (χ1n) is 14.2. The van der Waals surface area contributed by atoms with E-state index in [-0.39, 0.29) is 5.82 Å². The third-order valence-electron chi connectivity index (χ3n) is 8.31. The van der Waals surface area contributed by atoms with Gasteiger partial charge in [0.25, 0.3) is 0 Å². The Labute approximate surface area is 242 Å². The topological polar surface area (TPSA) is 106 Å². The number of ether oxygens (including phenoxy) is 1. The summed E-state index contributed by atoms with van der Waals surface area (Å²) >= 11 is 0. The maximum atomic E-state index is 13.3. The van der Waals surface area contributed by atoms with Crippen LogP contribution in [0.15, 0.2) is 73.7 Å². The van der Waals surface area contributed by atoms with Crippen molar-refractivity contribution in [2.75, 3.05) is 31.2 Å². The Morgan fingerprint density at radius 3 is 2.48 bits per heavy atom. The van der Waals surface area contributed by atoms with Crippen LogP contribution in [0.4, 0.5) is 10.3 Å². The summed E-state index contributed by atoms with van der Waals surface area (Å²) in [5.74, 6) is 0.236. The summed E-state index contributed by atoms with van der Waals surface area (Å²) in [7, 11) is 0. The molecule has 2 aliphatic heterocycles. The molecule has 5 aromatic rings. The fourth-order valence-corrected chi connectivity index (χ4v) is 5.71. The molecule has 0 radical (unpaired) electrons.